The number of benzene rings is 3. The number of amides is 1. The number of ether oxygens (including phenoxy) is 4. The molecule has 0 unspecified atom stereocenters. The summed E-state index contributed by atoms with van der Waals surface area (Å²) in [6.45, 7) is 8.85. The van der Waals surface area contributed by atoms with Gasteiger partial charge in [-0.1, -0.05) is 42.5 Å². The standard InChI is InChI=1S/C28H29IN2O5/c1-5-13-35-24-12-11-22(16-25(24)33-4)28(32)31-30-17-21-14-23(29)27(26(15-21)34-6-2)36-18-20-9-7-19(3)8-10-20/h5,7-12,14-17H,1,6,13,18H2,2-4H3,(H,31,32)/b30-17+. The summed E-state index contributed by atoms with van der Waals surface area (Å²) in [4.78, 5) is 12.6. The summed E-state index contributed by atoms with van der Waals surface area (Å²) in [5.41, 5.74) is 5.97. The fourth-order valence-electron chi connectivity index (χ4n) is 3.21. The van der Waals surface area contributed by atoms with Crippen molar-refractivity contribution in [2.24, 2.45) is 5.10 Å². The van der Waals surface area contributed by atoms with Gasteiger partial charge in [0.05, 0.1) is 23.5 Å². The Labute approximate surface area is 225 Å². The molecule has 0 aliphatic carbocycles. The van der Waals surface area contributed by atoms with Crippen molar-refractivity contribution in [1.82, 2.24) is 5.43 Å². The zero-order valence-electron chi connectivity index (χ0n) is 20.5. The van der Waals surface area contributed by atoms with E-state index in [1.165, 1.54) is 12.7 Å². The summed E-state index contributed by atoms with van der Waals surface area (Å²) < 4.78 is 23.6. The molecule has 0 aromatic heterocycles. The molecule has 7 nitrogen and oxygen atoms in total. The Balaban J connectivity index is 1.70. The van der Waals surface area contributed by atoms with E-state index in [-0.39, 0.29) is 5.91 Å². The first-order valence-corrected chi connectivity index (χ1v) is 12.4. The lowest BCUT2D eigenvalue weighted by atomic mass is 10.1. The Hall–Kier alpha value is -3.53. The number of nitrogens with zero attached hydrogens (tertiary/aromatic N) is 1. The molecule has 0 bridgehead atoms. The summed E-state index contributed by atoms with van der Waals surface area (Å²) >= 11 is 2.21. The predicted molar refractivity (Wildman–Crippen MR) is 150 cm³/mol. The third-order valence-corrected chi connectivity index (χ3v) is 5.80. The normalized spacial score (nSPS) is 10.7. The molecule has 0 fully saturated rings. The van der Waals surface area contributed by atoms with Crippen LogP contribution in [0.3, 0.4) is 0 Å². The Morgan fingerprint density at radius 3 is 2.50 bits per heavy atom. The van der Waals surface area contributed by atoms with Gasteiger partial charge in [0.15, 0.2) is 23.0 Å². The highest BCUT2D eigenvalue weighted by molar-refractivity contribution is 14.1. The van der Waals surface area contributed by atoms with Gasteiger partial charge in [0.25, 0.3) is 5.91 Å². The van der Waals surface area contributed by atoms with Crippen LogP contribution in [0.15, 0.2) is 72.4 Å². The van der Waals surface area contributed by atoms with Gasteiger partial charge in [-0.25, -0.2) is 5.43 Å². The second kappa shape index (κ2) is 13.5. The highest BCUT2D eigenvalue weighted by atomic mass is 127. The van der Waals surface area contributed by atoms with E-state index in [1.54, 1.807) is 30.5 Å². The minimum absolute atomic E-state index is 0.338. The van der Waals surface area contributed by atoms with E-state index in [0.29, 0.717) is 48.4 Å². The number of hydrazone groups is 1. The van der Waals surface area contributed by atoms with Gasteiger partial charge < -0.3 is 18.9 Å². The van der Waals surface area contributed by atoms with Crippen molar-refractivity contribution in [3.05, 3.63) is 93.1 Å². The van der Waals surface area contributed by atoms with Crippen LogP contribution in [0.1, 0.15) is 34.0 Å². The second-order valence-corrected chi connectivity index (χ2v) is 8.86. The van der Waals surface area contributed by atoms with Gasteiger partial charge in [-0.15, -0.1) is 0 Å². The Bertz CT molecular complexity index is 1230. The summed E-state index contributed by atoms with van der Waals surface area (Å²) in [5.74, 6) is 1.89. The van der Waals surface area contributed by atoms with Crippen molar-refractivity contribution < 1.29 is 23.7 Å². The molecular weight excluding hydrogens is 571 g/mol. The van der Waals surface area contributed by atoms with Crippen LogP contribution in [0.25, 0.3) is 0 Å². The number of methoxy groups -OCH3 is 1. The van der Waals surface area contributed by atoms with Crippen LogP contribution in [0.4, 0.5) is 0 Å². The number of halogens is 1. The molecule has 0 heterocycles. The number of rotatable bonds is 12. The van der Waals surface area contributed by atoms with E-state index < -0.39 is 0 Å². The van der Waals surface area contributed by atoms with Gasteiger partial charge in [-0.2, -0.15) is 5.10 Å². The Morgan fingerprint density at radius 2 is 1.81 bits per heavy atom. The molecule has 0 aliphatic heterocycles. The molecule has 3 aromatic rings. The van der Waals surface area contributed by atoms with Gasteiger partial charge in [0.1, 0.15) is 13.2 Å². The molecule has 36 heavy (non-hydrogen) atoms. The first kappa shape index (κ1) is 27.1. The second-order valence-electron chi connectivity index (χ2n) is 7.70. The van der Waals surface area contributed by atoms with Crippen molar-refractivity contribution in [2.75, 3.05) is 20.3 Å². The quantitative estimate of drug-likeness (QED) is 0.121. The van der Waals surface area contributed by atoms with E-state index >= 15 is 0 Å². The molecule has 1 N–H and O–H groups in total. The Morgan fingerprint density at radius 1 is 1.03 bits per heavy atom. The third-order valence-electron chi connectivity index (χ3n) is 5.00. The zero-order valence-corrected chi connectivity index (χ0v) is 22.7. The largest absolute Gasteiger partial charge is 0.493 e. The molecule has 0 saturated heterocycles. The van der Waals surface area contributed by atoms with Gasteiger partial charge in [-0.3, -0.25) is 4.79 Å². The highest BCUT2D eigenvalue weighted by Gasteiger charge is 2.13. The molecule has 0 aliphatic rings. The molecule has 0 saturated carbocycles. The summed E-state index contributed by atoms with van der Waals surface area (Å²) in [6, 6.07) is 16.9. The average Bonchev–Trinajstić information content (AvgIpc) is 2.88. The SMILES string of the molecule is C=CCOc1ccc(C(=O)N/N=C/c2cc(I)c(OCc3ccc(C)cc3)c(OCC)c2)cc1OC. The maximum atomic E-state index is 12.6. The first-order chi connectivity index (χ1) is 17.4. The zero-order chi connectivity index (χ0) is 25.9. The lowest BCUT2D eigenvalue weighted by Crippen LogP contribution is -2.17. The number of nitrogens with one attached hydrogen (secondary N) is 1. The number of carbonyl (C=O) groups is 1. The molecule has 1 amide bonds. The minimum atomic E-state index is -0.377. The number of aryl methyl sites for hydroxylation is 1. The van der Waals surface area contributed by atoms with E-state index in [9.17, 15) is 4.79 Å². The summed E-state index contributed by atoms with van der Waals surface area (Å²) in [7, 11) is 1.52. The predicted octanol–water partition coefficient (Wildman–Crippen LogP) is 5.91. The lowest BCUT2D eigenvalue weighted by Gasteiger charge is -2.15. The molecule has 188 valence electrons. The van der Waals surface area contributed by atoms with E-state index in [4.69, 9.17) is 18.9 Å². The van der Waals surface area contributed by atoms with Crippen molar-refractivity contribution in [1.29, 1.82) is 0 Å². The van der Waals surface area contributed by atoms with Crippen LogP contribution >= 0.6 is 22.6 Å². The van der Waals surface area contributed by atoms with Crippen LogP contribution in [-0.4, -0.2) is 32.4 Å². The average molecular weight is 600 g/mol. The summed E-state index contributed by atoms with van der Waals surface area (Å²) in [5, 5.41) is 4.11. The maximum Gasteiger partial charge on any atom is 0.271 e. The van der Waals surface area contributed by atoms with E-state index in [2.05, 4.69) is 58.8 Å². The van der Waals surface area contributed by atoms with Crippen LogP contribution in [0.5, 0.6) is 23.0 Å². The summed E-state index contributed by atoms with van der Waals surface area (Å²) in [6.07, 6.45) is 3.20. The van der Waals surface area contributed by atoms with Gasteiger partial charge in [0, 0.05) is 5.56 Å². The fourth-order valence-corrected chi connectivity index (χ4v) is 3.99. The molecule has 3 aromatic carbocycles. The first-order valence-electron chi connectivity index (χ1n) is 11.3. The van der Waals surface area contributed by atoms with Gasteiger partial charge in [-0.05, 0) is 77.9 Å². The minimum Gasteiger partial charge on any atom is -0.493 e. The molecule has 0 spiro atoms. The van der Waals surface area contributed by atoms with Gasteiger partial charge in [0.2, 0.25) is 0 Å². The molecule has 8 heteroatoms. The highest BCUT2D eigenvalue weighted by Crippen LogP contribution is 2.34. The van der Waals surface area contributed by atoms with Crippen LogP contribution in [0.2, 0.25) is 0 Å². The molecule has 0 atom stereocenters. The Kier molecular flexibility index (Phi) is 10.2. The number of hydrogen-bond acceptors (Lipinski definition) is 6. The topological polar surface area (TPSA) is 78.4 Å². The lowest BCUT2D eigenvalue weighted by molar-refractivity contribution is 0.0954. The van der Waals surface area contributed by atoms with Crippen LogP contribution in [-0.2, 0) is 6.61 Å². The fraction of sp³-hybridized carbons (Fsp3) is 0.214. The van der Waals surface area contributed by atoms with Crippen LogP contribution in [0, 0.1) is 10.5 Å². The van der Waals surface area contributed by atoms with Crippen LogP contribution < -0.4 is 24.4 Å². The number of carbonyl (C=O) groups excluding carboxylic acids is 1. The smallest absolute Gasteiger partial charge is 0.271 e. The van der Waals surface area contributed by atoms with E-state index in [1.807, 2.05) is 31.2 Å². The molecular formula is C28H29IN2O5. The van der Waals surface area contributed by atoms with Crippen molar-refractivity contribution in [3.8, 4) is 23.0 Å². The van der Waals surface area contributed by atoms with Gasteiger partial charge >= 0.3 is 0 Å². The van der Waals surface area contributed by atoms with Crippen molar-refractivity contribution >= 4 is 34.7 Å². The maximum absolute atomic E-state index is 12.6. The van der Waals surface area contributed by atoms with Crippen molar-refractivity contribution in [2.45, 2.75) is 20.5 Å². The molecule has 3 rings (SSSR count). The van der Waals surface area contributed by atoms with Crippen molar-refractivity contribution in [3.63, 3.8) is 0 Å². The monoisotopic (exact) mass is 600 g/mol. The number of hydrogen-bond donors (Lipinski definition) is 1. The van der Waals surface area contributed by atoms with E-state index in [0.717, 1.165) is 14.7 Å². The third kappa shape index (κ3) is 7.48. The molecule has 0 radical (unpaired) electrons.